The molecule has 8 aliphatic rings. The van der Waals surface area contributed by atoms with Gasteiger partial charge < -0.3 is 4.90 Å². The quantitative estimate of drug-likeness (QED) is 0.216. The molecule has 0 bridgehead atoms. The maximum atomic E-state index is 2.93. The second-order valence-electron chi connectivity index (χ2n) is 19.7. The highest BCUT2D eigenvalue weighted by atomic mass is 15.2. The Morgan fingerprint density at radius 3 is 2.31 bits per heavy atom. The molecule has 1 heteroatoms. The van der Waals surface area contributed by atoms with Crippen LogP contribution in [0.5, 0.6) is 0 Å². The largest absolute Gasteiger partial charge is 0.338 e. The summed E-state index contributed by atoms with van der Waals surface area (Å²) in [5.74, 6) is 2.12. The van der Waals surface area contributed by atoms with E-state index in [1.54, 1.807) is 22.3 Å². The zero-order valence-corrected chi connectivity index (χ0v) is 35.6. The van der Waals surface area contributed by atoms with Gasteiger partial charge in [0.2, 0.25) is 0 Å². The Balaban J connectivity index is 1.06. The van der Waals surface area contributed by atoms with E-state index < -0.39 is 0 Å². The van der Waals surface area contributed by atoms with Gasteiger partial charge in [-0.1, -0.05) is 152 Å². The van der Waals surface area contributed by atoms with Crippen molar-refractivity contribution in [3.63, 3.8) is 0 Å². The minimum atomic E-state index is -0.0889. The fourth-order valence-electron chi connectivity index (χ4n) is 13.8. The van der Waals surface area contributed by atoms with Crippen LogP contribution in [-0.4, -0.2) is 10.9 Å². The first kappa shape index (κ1) is 37.4. The smallest absolute Gasteiger partial charge is 0.0465 e. The Bertz CT molecular complexity index is 2380. The van der Waals surface area contributed by atoms with Gasteiger partial charge in [0.25, 0.3) is 0 Å². The fourth-order valence-corrected chi connectivity index (χ4v) is 13.8. The van der Waals surface area contributed by atoms with Gasteiger partial charge in [0.05, 0.1) is 0 Å². The minimum absolute atomic E-state index is 0.0505. The van der Waals surface area contributed by atoms with Crippen LogP contribution in [0.15, 0.2) is 167 Å². The first-order valence-electron chi connectivity index (χ1n) is 23.6. The van der Waals surface area contributed by atoms with Crippen LogP contribution in [0, 0.1) is 11.8 Å². The van der Waals surface area contributed by atoms with Crippen molar-refractivity contribution in [1.82, 2.24) is 4.90 Å². The average Bonchev–Trinajstić information content (AvgIpc) is 3.73. The summed E-state index contributed by atoms with van der Waals surface area (Å²) in [6.07, 6.45) is 41.3. The van der Waals surface area contributed by atoms with E-state index in [9.17, 15) is 0 Å². The molecule has 0 aromatic heterocycles. The lowest BCUT2D eigenvalue weighted by Gasteiger charge is -2.48. The molecule has 6 unspecified atom stereocenters. The lowest BCUT2D eigenvalue weighted by atomic mass is 9.58. The second-order valence-corrected chi connectivity index (χ2v) is 19.7. The third-order valence-electron chi connectivity index (χ3n) is 16.4. The molecule has 0 amide bonds. The van der Waals surface area contributed by atoms with Gasteiger partial charge in [-0.05, 0) is 153 Å². The summed E-state index contributed by atoms with van der Waals surface area (Å²) in [7, 11) is 0. The van der Waals surface area contributed by atoms with E-state index in [0.717, 1.165) is 32.1 Å². The van der Waals surface area contributed by atoms with Gasteiger partial charge in [-0.3, -0.25) is 0 Å². The van der Waals surface area contributed by atoms with Gasteiger partial charge in [0.1, 0.15) is 0 Å². The number of nitrogens with zero attached hydrogens (tertiary/aromatic N) is 1. The van der Waals surface area contributed by atoms with Gasteiger partial charge in [0.15, 0.2) is 0 Å². The maximum Gasteiger partial charge on any atom is 0.0465 e. The maximum absolute atomic E-state index is 2.93. The molecule has 0 spiro atoms. The molecule has 0 aliphatic heterocycles. The zero-order valence-electron chi connectivity index (χ0n) is 35.6. The standard InChI is InChI=1S/C58H63N/c1-57(2)51-27-12-9-24-47(51)50-37-36-46(39-55(50)57)59(45-34-32-41(33-35-45)43-21-17-20-42(38-43)40-18-5-3-6-19-40)56-31-16-15-30-54(56)58(44-22-7-4-8-23-44)52-28-13-10-25-48(52)49-26-11-14-29-53(49)58/h4-5,7-9,12-13,16-18,20-24,27-28,31-32,34-35,38,40-41,46,48,52H,3,6,10-11,14-15,19,25-26,29-30,33,36-37,39H2,1-2H3. The number of hydrogen-bond donors (Lipinski definition) is 0. The van der Waals surface area contributed by atoms with E-state index in [4.69, 9.17) is 0 Å². The van der Waals surface area contributed by atoms with E-state index in [-0.39, 0.29) is 10.8 Å². The van der Waals surface area contributed by atoms with Crippen LogP contribution in [0.25, 0.3) is 5.57 Å². The predicted octanol–water partition coefficient (Wildman–Crippen LogP) is 15.0. The Morgan fingerprint density at radius 2 is 1.46 bits per heavy atom. The SMILES string of the molecule is CC1(C)C2=C(CCC(N(C3=CCC(c4cccc(C5C=CCCC5)c4)C=C3)C3=C(C4(c5ccccc5)C5=C(CCCC5)C5CCC=CC54)CCC=C3)C2)c2ccccc21. The zero-order chi connectivity index (χ0) is 39.6. The fraction of sp³-hybridized carbons (Fsp3) is 0.414. The summed E-state index contributed by atoms with van der Waals surface area (Å²) in [5, 5.41) is 0. The van der Waals surface area contributed by atoms with Crippen LogP contribution in [0.2, 0.25) is 0 Å². The molecule has 3 aromatic carbocycles. The normalized spacial score (nSPS) is 30.5. The van der Waals surface area contributed by atoms with Gasteiger partial charge in [0, 0.05) is 46.0 Å². The number of rotatable bonds is 7. The van der Waals surface area contributed by atoms with Crippen molar-refractivity contribution in [3.05, 3.63) is 195 Å². The molecule has 0 fully saturated rings. The van der Waals surface area contributed by atoms with Crippen LogP contribution >= 0.6 is 0 Å². The van der Waals surface area contributed by atoms with Crippen LogP contribution in [0.4, 0.5) is 0 Å². The molecule has 0 N–H and O–H groups in total. The highest BCUT2D eigenvalue weighted by molar-refractivity contribution is 5.81. The highest BCUT2D eigenvalue weighted by Crippen LogP contribution is 2.64. The van der Waals surface area contributed by atoms with Crippen LogP contribution < -0.4 is 0 Å². The van der Waals surface area contributed by atoms with E-state index in [0.29, 0.717) is 29.7 Å². The Labute approximate surface area is 354 Å². The van der Waals surface area contributed by atoms with Crippen molar-refractivity contribution in [3.8, 4) is 0 Å². The van der Waals surface area contributed by atoms with Crippen LogP contribution in [0.3, 0.4) is 0 Å². The van der Waals surface area contributed by atoms with Crippen molar-refractivity contribution in [2.45, 2.75) is 139 Å². The third kappa shape index (κ3) is 6.07. The monoisotopic (exact) mass is 773 g/mol. The summed E-state index contributed by atoms with van der Waals surface area (Å²) >= 11 is 0. The molecule has 0 heterocycles. The molecule has 1 nitrogen and oxygen atoms in total. The molecule has 0 radical (unpaired) electrons. The Morgan fingerprint density at radius 1 is 0.627 bits per heavy atom. The summed E-state index contributed by atoms with van der Waals surface area (Å²) < 4.78 is 0. The van der Waals surface area contributed by atoms with Crippen molar-refractivity contribution < 1.29 is 0 Å². The molecule has 0 saturated carbocycles. The first-order valence-corrected chi connectivity index (χ1v) is 23.6. The van der Waals surface area contributed by atoms with Crippen LogP contribution in [-0.2, 0) is 10.8 Å². The lowest BCUT2D eigenvalue weighted by molar-refractivity contribution is 0.277. The molecule has 59 heavy (non-hydrogen) atoms. The molecule has 6 atom stereocenters. The van der Waals surface area contributed by atoms with Gasteiger partial charge in [-0.15, -0.1) is 0 Å². The van der Waals surface area contributed by atoms with E-state index in [1.165, 1.54) is 103 Å². The second kappa shape index (κ2) is 15.1. The summed E-state index contributed by atoms with van der Waals surface area (Å²) in [4.78, 5) is 2.93. The van der Waals surface area contributed by atoms with Gasteiger partial charge in [-0.2, -0.15) is 0 Å². The molecule has 11 rings (SSSR count). The predicted molar refractivity (Wildman–Crippen MR) is 247 cm³/mol. The molecule has 300 valence electrons. The van der Waals surface area contributed by atoms with Crippen molar-refractivity contribution >= 4 is 5.57 Å². The average molecular weight is 774 g/mol. The van der Waals surface area contributed by atoms with Crippen molar-refractivity contribution in [1.29, 1.82) is 0 Å². The Kier molecular flexibility index (Phi) is 9.59. The number of fused-ring (bicyclic) bond motifs is 4. The topological polar surface area (TPSA) is 3.24 Å². The molecule has 8 aliphatic carbocycles. The number of allylic oxidation sites excluding steroid dienone is 13. The number of benzene rings is 3. The summed E-state index contributed by atoms with van der Waals surface area (Å²) in [6.45, 7) is 5.01. The highest BCUT2D eigenvalue weighted by Gasteiger charge is 2.57. The number of hydrogen-bond acceptors (Lipinski definition) is 1. The first-order chi connectivity index (χ1) is 29.0. The molecular weight excluding hydrogens is 711 g/mol. The summed E-state index contributed by atoms with van der Waals surface area (Å²) in [5.41, 5.74) is 19.1. The molecular formula is C58H63N. The van der Waals surface area contributed by atoms with Gasteiger partial charge in [-0.25, -0.2) is 0 Å². The van der Waals surface area contributed by atoms with E-state index >= 15 is 0 Å². The van der Waals surface area contributed by atoms with Crippen LogP contribution in [0.1, 0.15) is 150 Å². The Hall–Kier alpha value is -4.62. The van der Waals surface area contributed by atoms with E-state index in [2.05, 4.69) is 152 Å². The van der Waals surface area contributed by atoms with Gasteiger partial charge >= 0.3 is 0 Å². The molecule has 3 aromatic rings. The minimum Gasteiger partial charge on any atom is -0.338 e. The lowest BCUT2D eigenvalue weighted by Crippen LogP contribution is -2.43. The third-order valence-corrected chi connectivity index (χ3v) is 16.4. The summed E-state index contributed by atoms with van der Waals surface area (Å²) in [6, 6.07) is 31.2. The molecule has 0 saturated heterocycles. The van der Waals surface area contributed by atoms with Crippen molar-refractivity contribution in [2.24, 2.45) is 11.8 Å². The van der Waals surface area contributed by atoms with Crippen molar-refractivity contribution in [2.75, 3.05) is 0 Å². The van der Waals surface area contributed by atoms with E-state index in [1.807, 2.05) is 5.57 Å².